The molecule has 0 heterocycles. The summed E-state index contributed by atoms with van der Waals surface area (Å²) in [6.07, 6.45) is 0. The predicted octanol–water partition coefficient (Wildman–Crippen LogP) is 8.29. The molecule has 41 heavy (non-hydrogen) atoms. The average molecular weight is 554 g/mol. The predicted molar refractivity (Wildman–Crippen MR) is 166 cm³/mol. The molecule has 0 amide bonds. The van der Waals surface area contributed by atoms with Gasteiger partial charge < -0.3 is 0 Å². The van der Waals surface area contributed by atoms with Gasteiger partial charge in [0.15, 0.2) is 0 Å². The van der Waals surface area contributed by atoms with Gasteiger partial charge in [-0.3, -0.25) is 4.28 Å². The standard InChI is InChI=1S/C36H27NO3S/c1-26-22-24-31(25-23-26)41(38,39)40-37-36-34(29-18-10-4-11-19-29)32(27-14-6-2-7-15-27)33(28-16-8-3-9-17-28)35(36)30-20-12-5-13-21-30/h2-25H,1H3. The third kappa shape index (κ3) is 5.28. The first-order valence-electron chi connectivity index (χ1n) is 13.3. The van der Waals surface area contributed by atoms with Gasteiger partial charge in [-0.15, -0.1) is 0 Å². The maximum absolute atomic E-state index is 13.3. The second kappa shape index (κ2) is 11.2. The van der Waals surface area contributed by atoms with Crippen molar-refractivity contribution in [2.75, 3.05) is 0 Å². The molecule has 0 saturated heterocycles. The van der Waals surface area contributed by atoms with E-state index in [1.165, 1.54) is 12.1 Å². The molecule has 5 aromatic rings. The van der Waals surface area contributed by atoms with E-state index in [0.29, 0.717) is 5.71 Å². The van der Waals surface area contributed by atoms with E-state index >= 15 is 0 Å². The third-order valence-electron chi connectivity index (χ3n) is 7.01. The van der Waals surface area contributed by atoms with Crippen molar-refractivity contribution in [3.63, 3.8) is 0 Å². The van der Waals surface area contributed by atoms with Crippen LogP contribution in [0.25, 0.3) is 22.3 Å². The van der Waals surface area contributed by atoms with Gasteiger partial charge >= 0.3 is 10.1 Å². The SMILES string of the molecule is Cc1ccc(S(=O)(=O)ON=C2C(c3ccccc3)=C(c3ccccc3)C(c3ccccc3)=C2c2ccccc2)cc1. The lowest BCUT2D eigenvalue weighted by Crippen LogP contribution is -2.08. The number of allylic oxidation sites excluding steroid dienone is 4. The van der Waals surface area contributed by atoms with Crippen molar-refractivity contribution < 1.29 is 12.7 Å². The highest BCUT2D eigenvalue weighted by atomic mass is 32.2. The topological polar surface area (TPSA) is 55.7 Å². The first-order valence-corrected chi connectivity index (χ1v) is 14.7. The molecule has 0 bridgehead atoms. The van der Waals surface area contributed by atoms with Gasteiger partial charge in [-0.2, -0.15) is 8.42 Å². The van der Waals surface area contributed by atoms with Crippen molar-refractivity contribution in [2.45, 2.75) is 11.8 Å². The van der Waals surface area contributed by atoms with E-state index in [4.69, 9.17) is 4.28 Å². The molecule has 5 aromatic carbocycles. The zero-order valence-corrected chi connectivity index (χ0v) is 23.3. The Balaban J connectivity index is 1.67. The van der Waals surface area contributed by atoms with Gasteiger partial charge in [0.2, 0.25) is 0 Å². The van der Waals surface area contributed by atoms with E-state index < -0.39 is 10.1 Å². The smallest absolute Gasteiger partial charge is 0.264 e. The summed E-state index contributed by atoms with van der Waals surface area (Å²) in [7, 11) is -4.17. The molecule has 0 aliphatic heterocycles. The number of nitrogens with zero attached hydrogens (tertiary/aromatic N) is 1. The van der Waals surface area contributed by atoms with Crippen LogP contribution in [0.5, 0.6) is 0 Å². The highest BCUT2D eigenvalue weighted by Gasteiger charge is 2.35. The van der Waals surface area contributed by atoms with Crippen LogP contribution in [0.2, 0.25) is 0 Å². The van der Waals surface area contributed by atoms with Crippen LogP contribution in [0.1, 0.15) is 27.8 Å². The molecule has 0 unspecified atom stereocenters. The van der Waals surface area contributed by atoms with E-state index in [9.17, 15) is 8.42 Å². The molecule has 200 valence electrons. The summed E-state index contributed by atoms with van der Waals surface area (Å²) < 4.78 is 32.2. The Labute approximate surface area is 240 Å². The van der Waals surface area contributed by atoms with E-state index in [0.717, 1.165) is 50.1 Å². The Hall–Kier alpha value is -5.00. The van der Waals surface area contributed by atoms with Crippen molar-refractivity contribution in [3.8, 4) is 0 Å². The zero-order chi connectivity index (χ0) is 28.2. The molecule has 1 aliphatic carbocycles. The lowest BCUT2D eigenvalue weighted by Gasteiger charge is -2.13. The summed E-state index contributed by atoms with van der Waals surface area (Å²) in [5.74, 6) is 0. The fraction of sp³-hybridized carbons (Fsp3) is 0.0278. The Kier molecular flexibility index (Phi) is 7.19. The van der Waals surface area contributed by atoms with E-state index in [-0.39, 0.29) is 4.90 Å². The molecule has 1 aliphatic rings. The quantitative estimate of drug-likeness (QED) is 0.191. The van der Waals surface area contributed by atoms with Crippen LogP contribution >= 0.6 is 0 Å². The molecule has 0 fully saturated rings. The molecule has 4 nitrogen and oxygen atoms in total. The van der Waals surface area contributed by atoms with Crippen molar-refractivity contribution in [1.29, 1.82) is 0 Å². The first-order chi connectivity index (χ1) is 20.0. The molecule has 0 N–H and O–H groups in total. The lowest BCUT2D eigenvalue weighted by atomic mass is 9.89. The minimum Gasteiger partial charge on any atom is -0.264 e. The third-order valence-corrected chi connectivity index (χ3v) is 8.13. The number of hydrogen-bond acceptors (Lipinski definition) is 4. The molecule has 6 rings (SSSR count). The number of benzene rings is 5. The molecule has 0 radical (unpaired) electrons. The highest BCUT2D eigenvalue weighted by molar-refractivity contribution is 7.86. The summed E-state index contributed by atoms with van der Waals surface area (Å²) in [6.45, 7) is 1.90. The Bertz CT molecular complexity index is 1780. The number of hydrogen-bond donors (Lipinski definition) is 0. The Morgan fingerprint density at radius 1 is 0.463 bits per heavy atom. The fourth-order valence-electron chi connectivity index (χ4n) is 5.10. The van der Waals surface area contributed by atoms with Crippen molar-refractivity contribution in [2.24, 2.45) is 5.16 Å². The van der Waals surface area contributed by atoms with Crippen molar-refractivity contribution in [3.05, 3.63) is 173 Å². The van der Waals surface area contributed by atoms with Gasteiger partial charge in [-0.1, -0.05) is 144 Å². The average Bonchev–Trinajstić information content (AvgIpc) is 3.37. The molecular formula is C36H27NO3S. The van der Waals surface area contributed by atoms with Gasteiger partial charge in [0.1, 0.15) is 10.6 Å². The molecule has 0 aromatic heterocycles. The normalized spacial score (nSPS) is 13.4. The minimum absolute atomic E-state index is 0.0486. The van der Waals surface area contributed by atoms with Gasteiger partial charge in [-0.05, 0) is 41.3 Å². The van der Waals surface area contributed by atoms with Gasteiger partial charge in [-0.25, -0.2) is 0 Å². The van der Waals surface area contributed by atoms with E-state index in [1.807, 2.05) is 104 Å². The van der Waals surface area contributed by atoms with Gasteiger partial charge in [0.05, 0.1) is 0 Å². The second-order valence-corrected chi connectivity index (χ2v) is 11.3. The van der Waals surface area contributed by atoms with Gasteiger partial charge in [0.25, 0.3) is 0 Å². The minimum atomic E-state index is -4.17. The van der Waals surface area contributed by atoms with E-state index in [1.54, 1.807) is 12.1 Å². The van der Waals surface area contributed by atoms with Crippen LogP contribution < -0.4 is 0 Å². The fourth-order valence-corrected chi connectivity index (χ4v) is 5.82. The van der Waals surface area contributed by atoms with E-state index in [2.05, 4.69) is 29.4 Å². The van der Waals surface area contributed by atoms with Crippen LogP contribution in [0.15, 0.2) is 156 Å². The molecule has 0 atom stereocenters. The maximum Gasteiger partial charge on any atom is 0.358 e. The van der Waals surface area contributed by atoms with Crippen LogP contribution in [0, 0.1) is 6.92 Å². The summed E-state index contributed by atoms with van der Waals surface area (Å²) in [6, 6.07) is 46.6. The monoisotopic (exact) mass is 553 g/mol. The largest absolute Gasteiger partial charge is 0.358 e. The number of aryl methyl sites for hydroxylation is 1. The van der Waals surface area contributed by atoms with Crippen LogP contribution in [-0.2, 0) is 14.4 Å². The summed E-state index contributed by atoms with van der Waals surface area (Å²) in [5, 5.41) is 4.47. The molecule has 0 saturated carbocycles. The van der Waals surface area contributed by atoms with Crippen molar-refractivity contribution >= 4 is 38.1 Å². The summed E-state index contributed by atoms with van der Waals surface area (Å²) in [5.41, 5.74) is 8.71. The lowest BCUT2D eigenvalue weighted by molar-refractivity contribution is 0.340. The van der Waals surface area contributed by atoms with Crippen LogP contribution in [-0.4, -0.2) is 14.1 Å². The Morgan fingerprint density at radius 3 is 1.17 bits per heavy atom. The first kappa shape index (κ1) is 26.2. The summed E-state index contributed by atoms with van der Waals surface area (Å²) >= 11 is 0. The zero-order valence-electron chi connectivity index (χ0n) is 22.4. The summed E-state index contributed by atoms with van der Waals surface area (Å²) in [4.78, 5) is 0.0486. The second-order valence-electron chi connectivity index (χ2n) is 9.75. The number of rotatable bonds is 7. The number of oxime groups is 1. The maximum atomic E-state index is 13.3. The van der Waals surface area contributed by atoms with Crippen molar-refractivity contribution in [1.82, 2.24) is 0 Å². The molecular weight excluding hydrogens is 526 g/mol. The Morgan fingerprint density at radius 2 is 0.805 bits per heavy atom. The highest BCUT2D eigenvalue weighted by Crippen LogP contribution is 2.50. The van der Waals surface area contributed by atoms with Crippen LogP contribution in [0.3, 0.4) is 0 Å². The molecule has 5 heteroatoms. The van der Waals surface area contributed by atoms with Gasteiger partial charge in [0, 0.05) is 22.3 Å². The molecule has 0 spiro atoms. The van der Waals surface area contributed by atoms with Crippen LogP contribution in [0.4, 0.5) is 0 Å².